The zero-order valence-corrected chi connectivity index (χ0v) is 12.2. The van der Waals surface area contributed by atoms with Crippen LogP contribution in [0.2, 0.25) is 0 Å². The van der Waals surface area contributed by atoms with Crippen LogP contribution in [0.4, 0.5) is 0 Å². The van der Waals surface area contributed by atoms with Gasteiger partial charge in [0.15, 0.2) is 0 Å². The molecule has 1 aromatic rings. The van der Waals surface area contributed by atoms with E-state index in [0.29, 0.717) is 18.8 Å². The second kappa shape index (κ2) is 7.21. The fourth-order valence-corrected chi connectivity index (χ4v) is 2.35. The first-order valence-corrected chi connectivity index (χ1v) is 7.27. The minimum atomic E-state index is -0.920. The number of aromatic amines is 1. The summed E-state index contributed by atoms with van der Waals surface area (Å²) in [5, 5.41) is 15.6. The number of carbonyl (C=O) groups excluding carboxylic acids is 1. The summed E-state index contributed by atoms with van der Waals surface area (Å²) in [5.74, 6) is -1.17. The van der Waals surface area contributed by atoms with Crippen molar-refractivity contribution >= 4 is 11.9 Å². The minimum absolute atomic E-state index is 0.00710. The van der Waals surface area contributed by atoms with Crippen molar-refractivity contribution in [2.24, 2.45) is 0 Å². The maximum atomic E-state index is 12.5. The smallest absolute Gasteiger partial charge is 0.305 e. The summed E-state index contributed by atoms with van der Waals surface area (Å²) >= 11 is 0. The van der Waals surface area contributed by atoms with Gasteiger partial charge in [0.1, 0.15) is 5.69 Å². The lowest BCUT2D eigenvalue weighted by atomic mass is 10.2. The van der Waals surface area contributed by atoms with Crippen molar-refractivity contribution in [3.8, 4) is 0 Å². The Morgan fingerprint density at radius 1 is 1.57 bits per heavy atom. The van der Waals surface area contributed by atoms with Crippen molar-refractivity contribution in [2.75, 3.05) is 19.7 Å². The lowest BCUT2D eigenvalue weighted by Gasteiger charge is -2.24. The quantitative estimate of drug-likeness (QED) is 0.784. The maximum absolute atomic E-state index is 12.5. The molecule has 0 radical (unpaired) electrons. The molecule has 0 spiro atoms. The van der Waals surface area contributed by atoms with E-state index in [1.54, 1.807) is 6.07 Å². The van der Waals surface area contributed by atoms with Crippen LogP contribution in [0.25, 0.3) is 0 Å². The second-order valence-electron chi connectivity index (χ2n) is 5.16. The molecule has 21 heavy (non-hydrogen) atoms. The van der Waals surface area contributed by atoms with E-state index >= 15 is 0 Å². The molecule has 1 atom stereocenters. The Morgan fingerprint density at radius 3 is 2.95 bits per heavy atom. The van der Waals surface area contributed by atoms with Crippen LogP contribution in [0.15, 0.2) is 6.07 Å². The van der Waals surface area contributed by atoms with Crippen LogP contribution in [-0.2, 0) is 16.0 Å². The number of nitrogens with one attached hydrogen (secondary N) is 1. The van der Waals surface area contributed by atoms with Crippen LogP contribution in [-0.4, -0.2) is 57.9 Å². The highest BCUT2D eigenvalue weighted by molar-refractivity contribution is 5.92. The number of carboxylic acid groups (broad SMARTS) is 1. The van der Waals surface area contributed by atoms with Gasteiger partial charge in [-0.05, 0) is 25.3 Å². The van der Waals surface area contributed by atoms with E-state index in [4.69, 9.17) is 9.84 Å². The number of ether oxygens (including phenoxy) is 1. The average molecular weight is 295 g/mol. The summed E-state index contributed by atoms with van der Waals surface area (Å²) < 4.78 is 5.53. The van der Waals surface area contributed by atoms with Gasteiger partial charge in [-0.2, -0.15) is 5.10 Å². The van der Waals surface area contributed by atoms with Crippen molar-refractivity contribution in [1.82, 2.24) is 15.1 Å². The van der Waals surface area contributed by atoms with E-state index in [-0.39, 0.29) is 25.0 Å². The molecule has 2 N–H and O–H groups in total. The average Bonchev–Trinajstić information content (AvgIpc) is 3.13. The lowest BCUT2D eigenvalue weighted by molar-refractivity contribution is -0.137. The first-order chi connectivity index (χ1) is 10.1. The summed E-state index contributed by atoms with van der Waals surface area (Å²) in [6.07, 6.45) is 2.56. The lowest BCUT2D eigenvalue weighted by Crippen LogP contribution is -2.39. The number of hydrogen-bond acceptors (Lipinski definition) is 4. The van der Waals surface area contributed by atoms with Crippen molar-refractivity contribution in [2.45, 2.75) is 38.7 Å². The largest absolute Gasteiger partial charge is 0.481 e. The van der Waals surface area contributed by atoms with E-state index in [2.05, 4.69) is 10.2 Å². The Kier molecular flexibility index (Phi) is 5.32. The molecule has 116 valence electrons. The highest BCUT2D eigenvalue weighted by Gasteiger charge is 2.25. The number of aliphatic carboxylic acids is 1. The van der Waals surface area contributed by atoms with Crippen molar-refractivity contribution in [3.63, 3.8) is 0 Å². The van der Waals surface area contributed by atoms with Crippen molar-refractivity contribution in [3.05, 3.63) is 17.5 Å². The van der Waals surface area contributed by atoms with Gasteiger partial charge in [-0.3, -0.25) is 14.7 Å². The summed E-state index contributed by atoms with van der Waals surface area (Å²) in [6, 6.07) is 1.71. The van der Waals surface area contributed by atoms with E-state index in [9.17, 15) is 9.59 Å². The Bertz CT molecular complexity index is 494. The number of carbonyl (C=O) groups is 2. The highest BCUT2D eigenvalue weighted by Crippen LogP contribution is 2.15. The molecule has 7 heteroatoms. The molecule has 1 amide bonds. The first-order valence-electron chi connectivity index (χ1n) is 7.27. The summed E-state index contributed by atoms with van der Waals surface area (Å²) in [4.78, 5) is 24.8. The normalized spacial score (nSPS) is 17.9. The number of nitrogens with zero attached hydrogens (tertiary/aromatic N) is 2. The van der Waals surface area contributed by atoms with E-state index in [1.807, 2.05) is 6.92 Å². The zero-order valence-electron chi connectivity index (χ0n) is 12.2. The molecule has 0 unspecified atom stereocenters. The van der Waals surface area contributed by atoms with Gasteiger partial charge in [0, 0.05) is 25.4 Å². The molecule has 0 aliphatic carbocycles. The number of aryl methyl sites for hydroxylation is 1. The third-order valence-corrected chi connectivity index (χ3v) is 3.56. The topological polar surface area (TPSA) is 95.5 Å². The number of H-pyrrole nitrogens is 1. The molecule has 1 saturated heterocycles. The Hall–Kier alpha value is -1.89. The molecular formula is C14H21N3O4. The SMILES string of the molecule is CCc1cc(C(=O)N(CCC(=O)O)C[C@@H]2CCCO2)n[nH]1. The van der Waals surface area contributed by atoms with Crippen LogP contribution in [0.5, 0.6) is 0 Å². The van der Waals surface area contributed by atoms with Gasteiger partial charge >= 0.3 is 5.97 Å². The molecule has 0 bridgehead atoms. The van der Waals surface area contributed by atoms with Crippen LogP contribution in [0.1, 0.15) is 42.4 Å². The summed E-state index contributed by atoms with van der Waals surface area (Å²) in [7, 11) is 0. The third kappa shape index (κ3) is 4.29. The van der Waals surface area contributed by atoms with Crippen LogP contribution < -0.4 is 0 Å². The number of amides is 1. The third-order valence-electron chi connectivity index (χ3n) is 3.56. The number of aromatic nitrogens is 2. The van der Waals surface area contributed by atoms with Gasteiger partial charge < -0.3 is 14.7 Å². The summed E-state index contributed by atoms with van der Waals surface area (Å²) in [5.41, 5.74) is 1.21. The Labute approximate surface area is 123 Å². The minimum Gasteiger partial charge on any atom is -0.481 e. The van der Waals surface area contributed by atoms with Gasteiger partial charge in [0.05, 0.1) is 12.5 Å². The van der Waals surface area contributed by atoms with Crippen molar-refractivity contribution < 1.29 is 19.4 Å². The molecule has 2 rings (SSSR count). The van der Waals surface area contributed by atoms with E-state index in [1.165, 1.54) is 4.90 Å². The van der Waals surface area contributed by atoms with Crippen LogP contribution in [0, 0.1) is 0 Å². The predicted molar refractivity (Wildman–Crippen MR) is 75.1 cm³/mol. The Morgan fingerprint density at radius 2 is 2.38 bits per heavy atom. The Balaban J connectivity index is 2.04. The first kappa shape index (κ1) is 15.5. The van der Waals surface area contributed by atoms with Crippen molar-refractivity contribution in [1.29, 1.82) is 0 Å². The number of carboxylic acids is 1. The number of hydrogen-bond donors (Lipinski definition) is 2. The van der Waals surface area contributed by atoms with Gasteiger partial charge in [-0.15, -0.1) is 0 Å². The van der Waals surface area contributed by atoms with Gasteiger partial charge in [-0.1, -0.05) is 6.92 Å². The standard InChI is InChI=1S/C14H21N3O4/c1-2-10-8-12(16-15-10)14(20)17(6-5-13(18)19)9-11-4-3-7-21-11/h8,11H,2-7,9H2,1H3,(H,15,16)(H,18,19)/t11-/m0/s1. The number of rotatable bonds is 7. The van der Waals surface area contributed by atoms with E-state index in [0.717, 1.165) is 25.0 Å². The van der Waals surface area contributed by atoms with Crippen LogP contribution >= 0.6 is 0 Å². The van der Waals surface area contributed by atoms with E-state index < -0.39 is 5.97 Å². The fraction of sp³-hybridized carbons (Fsp3) is 0.643. The predicted octanol–water partition coefficient (Wildman–Crippen LogP) is 1.07. The molecule has 1 aromatic heterocycles. The maximum Gasteiger partial charge on any atom is 0.305 e. The van der Waals surface area contributed by atoms with Gasteiger partial charge in [0.25, 0.3) is 5.91 Å². The molecular weight excluding hydrogens is 274 g/mol. The molecule has 0 aromatic carbocycles. The molecule has 7 nitrogen and oxygen atoms in total. The van der Waals surface area contributed by atoms with Gasteiger partial charge in [0.2, 0.25) is 0 Å². The molecule has 1 fully saturated rings. The highest BCUT2D eigenvalue weighted by atomic mass is 16.5. The fourth-order valence-electron chi connectivity index (χ4n) is 2.35. The molecule has 1 aliphatic rings. The monoisotopic (exact) mass is 295 g/mol. The molecule has 0 saturated carbocycles. The van der Waals surface area contributed by atoms with Crippen LogP contribution in [0.3, 0.4) is 0 Å². The van der Waals surface area contributed by atoms with Gasteiger partial charge in [-0.25, -0.2) is 0 Å². The molecule has 1 aliphatic heterocycles. The zero-order chi connectivity index (χ0) is 15.2. The summed E-state index contributed by atoms with van der Waals surface area (Å²) in [6.45, 7) is 3.26. The second-order valence-corrected chi connectivity index (χ2v) is 5.16. The molecule has 2 heterocycles.